The van der Waals surface area contributed by atoms with Crippen LogP contribution in [0.2, 0.25) is 0 Å². The zero-order valence-corrected chi connectivity index (χ0v) is 5.18. The van der Waals surface area contributed by atoms with Crippen molar-refractivity contribution in [3.05, 3.63) is 12.3 Å². The van der Waals surface area contributed by atoms with Gasteiger partial charge in [0.1, 0.15) is 0 Å². The Bertz CT molecular complexity index is 71.2. The molecule has 0 aliphatic heterocycles. The predicted octanol–water partition coefficient (Wildman–Crippen LogP) is 1.86. The third kappa shape index (κ3) is 4.06. The molecular formula is C3H5OPS. The Hall–Kier alpha value is 0.0600. The summed E-state index contributed by atoms with van der Waals surface area (Å²) in [4.78, 5) is 0. The maximum absolute atomic E-state index is 4.63. The molecule has 0 bridgehead atoms. The summed E-state index contributed by atoms with van der Waals surface area (Å²) in [5.74, 6) is 0.673. The molecule has 3 heteroatoms. The van der Waals surface area contributed by atoms with Crippen molar-refractivity contribution in [2.45, 2.75) is 6.92 Å². The van der Waals surface area contributed by atoms with Gasteiger partial charge in [0.2, 0.25) is 7.58 Å². The number of rotatable bonds is 2. The molecule has 0 atom stereocenters. The average molecular weight is 120 g/mol. The van der Waals surface area contributed by atoms with E-state index >= 15 is 0 Å². The fourth-order valence-corrected chi connectivity index (χ4v) is 0.573. The van der Waals surface area contributed by atoms with Gasteiger partial charge in [0.15, 0.2) is 0 Å². The molecule has 0 aliphatic carbocycles. The fraction of sp³-hybridized carbons (Fsp3) is 0.333. The quantitative estimate of drug-likeness (QED) is 0.406. The van der Waals surface area contributed by atoms with E-state index in [2.05, 4.69) is 22.9 Å². The van der Waals surface area contributed by atoms with Crippen LogP contribution in [-0.2, 0) is 16.3 Å². The van der Waals surface area contributed by atoms with Crippen LogP contribution >= 0.6 is 7.58 Å². The van der Waals surface area contributed by atoms with Gasteiger partial charge in [0, 0.05) is 0 Å². The van der Waals surface area contributed by atoms with Crippen molar-refractivity contribution in [1.29, 1.82) is 0 Å². The van der Waals surface area contributed by atoms with E-state index < -0.39 is 0 Å². The third-order valence-corrected chi connectivity index (χ3v) is 0.803. The Morgan fingerprint density at radius 3 is 2.50 bits per heavy atom. The fourth-order valence-electron chi connectivity index (χ4n) is 0.0636. The summed E-state index contributed by atoms with van der Waals surface area (Å²) in [6, 6.07) is 0. The van der Waals surface area contributed by atoms with Crippen LogP contribution in [0.25, 0.3) is 0 Å². The molecule has 0 spiro atoms. The summed E-state index contributed by atoms with van der Waals surface area (Å²) in [7, 11) is 0.508. The SMILES string of the molecule is C=C(C)OP=S. The van der Waals surface area contributed by atoms with E-state index in [0.29, 0.717) is 13.3 Å². The molecule has 0 aliphatic rings. The Kier molecular flexibility index (Phi) is 3.29. The molecule has 0 rings (SSSR count). The molecule has 34 valence electrons. The highest BCUT2D eigenvalue weighted by Crippen LogP contribution is 2.01. The average Bonchev–Trinajstić information content (AvgIpc) is 1.35. The first-order valence-electron chi connectivity index (χ1n) is 1.42. The van der Waals surface area contributed by atoms with Crippen molar-refractivity contribution < 1.29 is 4.52 Å². The van der Waals surface area contributed by atoms with Crippen molar-refractivity contribution in [3.8, 4) is 0 Å². The van der Waals surface area contributed by atoms with Gasteiger partial charge in [-0.3, -0.25) is 0 Å². The molecule has 0 aromatic rings. The molecule has 0 saturated heterocycles. The van der Waals surface area contributed by atoms with Gasteiger partial charge >= 0.3 is 0 Å². The molecule has 0 aromatic heterocycles. The molecule has 0 N–H and O–H groups in total. The highest BCUT2D eigenvalue weighted by atomic mass is 32.4. The van der Waals surface area contributed by atoms with Crippen LogP contribution in [0.4, 0.5) is 0 Å². The second kappa shape index (κ2) is 3.26. The second-order valence-corrected chi connectivity index (χ2v) is 1.65. The van der Waals surface area contributed by atoms with Crippen molar-refractivity contribution >= 4 is 19.4 Å². The van der Waals surface area contributed by atoms with Gasteiger partial charge in [-0.1, -0.05) is 6.58 Å². The lowest BCUT2D eigenvalue weighted by Crippen LogP contribution is -1.61. The Labute approximate surface area is 43.9 Å². The van der Waals surface area contributed by atoms with Gasteiger partial charge < -0.3 is 4.52 Å². The van der Waals surface area contributed by atoms with Gasteiger partial charge in [0.05, 0.1) is 5.76 Å². The first-order chi connectivity index (χ1) is 2.77. The van der Waals surface area contributed by atoms with Crippen LogP contribution in [0.1, 0.15) is 6.92 Å². The summed E-state index contributed by atoms with van der Waals surface area (Å²) in [6.07, 6.45) is 0. The molecular weight excluding hydrogens is 115 g/mol. The van der Waals surface area contributed by atoms with Crippen molar-refractivity contribution in [3.63, 3.8) is 0 Å². The lowest BCUT2D eigenvalue weighted by atomic mass is 10.7. The Balaban J connectivity index is 3.05. The summed E-state index contributed by atoms with van der Waals surface area (Å²) >= 11 is 4.42. The van der Waals surface area contributed by atoms with Crippen LogP contribution < -0.4 is 0 Å². The van der Waals surface area contributed by atoms with Crippen LogP contribution in [0.3, 0.4) is 0 Å². The largest absolute Gasteiger partial charge is 0.434 e. The Morgan fingerprint density at radius 1 is 2.00 bits per heavy atom. The number of hydrogen-bond donors (Lipinski definition) is 0. The molecule has 1 nitrogen and oxygen atoms in total. The predicted molar refractivity (Wildman–Crippen MR) is 30.2 cm³/mol. The van der Waals surface area contributed by atoms with E-state index in [4.69, 9.17) is 0 Å². The van der Waals surface area contributed by atoms with Crippen molar-refractivity contribution in [2.75, 3.05) is 0 Å². The molecule has 0 radical (unpaired) electrons. The van der Waals surface area contributed by atoms with Crippen LogP contribution in [-0.4, -0.2) is 0 Å². The van der Waals surface area contributed by atoms with Crippen LogP contribution in [0.15, 0.2) is 12.3 Å². The monoisotopic (exact) mass is 120 g/mol. The lowest BCUT2D eigenvalue weighted by Gasteiger charge is -1.86. The summed E-state index contributed by atoms with van der Waals surface area (Å²) < 4.78 is 4.63. The molecule has 0 saturated carbocycles. The topological polar surface area (TPSA) is 9.23 Å². The summed E-state index contributed by atoms with van der Waals surface area (Å²) in [5.41, 5.74) is 0. The van der Waals surface area contributed by atoms with E-state index in [0.717, 1.165) is 0 Å². The first-order valence-corrected chi connectivity index (χ1v) is 3.25. The highest BCUT2D eigenvalue weighted by molar-refractivity contribution is 7.94. The zero-order valence-electron chi connectivity index (χ0n) is 3.47. The van der Waals surface area contributed by atoms with Crippen molar-refractivity contribution in [1.82, 2.24) is 0 Å². The summed E-state index contributed by atoms with van der Waals surface area (Å²) in [6.45, 7) is 5.21. The minimum Gasteiger partial charge on any atom is -0.434 e. The number of allylic oxidation sites excluding steroid dienone is 1. The summed E-state index contributed by atoms with van der Waals surface area (Å²) in [5, 5.41) is 0. The van der Waals surface area contributed by atoms with Gasteiger partial charge in [0.25, 0.3) is 0 Å². The zero-order chi connectivity index (χ0) is 4.99. The maximum Gasteiger partial charge on any atom is 0.204 e. The van der Waals surface area contributed by atoms with E-state index in [1.54, 1.807) is 6.92 Å². The minimum atomic E-state index is 0.508. The first kappa shape index (κ1) is 6.06. The molecule has 0 amide bonds. The smallest absolute Gasteiger partial charge is 0.204 e. The molecule has 6 heavy (non-hydrogen) atoms. The standard InChI is InChI=1S/C3H5OPS/c1-3(2)4-5-6/h1H2,2H3. The van der Waals surface area contributed by atoms with E-state index in [9.17, 15) is 0 Å². The maximum atomic E-state index is 4.63. The molecule has 0 fully saturated rings. The van der Waals surface area contributed by atoms with Gasteiger partial charge in [-0.2, -0.15) is 0 Å². The van der Waals surface area contributed by atoms with Crippen LogP contribution in [0, 0.1) is 0 Å². The Morgan fingerprint density at radius 2 is 2.50 bits per heavy atom. The van der Waals surface area contributed by atoms with E-state index in [1.807, 2.05) is 0 Å². The normalized spacial score (nSPS) is 8.17. The lowest BCUT2D eigenvalue weighted by molar-refractivity contribution is 0.502. The minimum absolute atomic E-state index is 0.508. The van der Waals surface area contributed by atoms with Gasteiger partial charge in [-0.25, -0.2) is 0 Å². The number of hydrogen-bond acceptors (Lipinski definition) is 2. The van der Waals surface area contributed by atoms with Crippen LogP contribution in [0.5, 0.6) is 0 Å². The molecule has 0 heterocycles. The van der Waals surface area contributed by atoms with E-state index in [1.165, 1.54) is 0 Å². The van der Waals surface area contributed by atoms with Gasteiger partial charge in [-0.05, 0) is 18.7 Å². The van der Waals surface area contributed by atoms with Gasteiger partial charge in [-0.15, -0.1) is 0 Å². The van der Waals surface area contributed by atoms with E-state index in [-0.39, 0.29) is 0 Å². The molecule has 0 unspecified atom stereocenters. The highest BCUT2D eigenvalue weighted by Gasteiger charge is 1.72. The molecule has 0 aromatic carbocycles. The third-order valence-electron chi connectivity index (χ3n) is 0.193. The second-order valence-electron chi connectivity index (χ2n) is 0.868. The van der Waals surface area contributed by atoms with Crippen molar-refractivity contribution in [2.24, 2.45) is 0 Å².